The lowest BCUT2D eigenvalue weighted by atomic mass is 10.2. The molecule has 1 amide bonds. The van der Waals surface area contributed by atoms with E-state index in [-0.39, 0.29) is 11.7 Å². The first-order valence-electron chi connectivity index (χ1n) is 9.09. The molecular formula is C21H27FN2O3. The number of rotatable bonds is 11. The molecule has 146 valence electrons. The first kappa shape index (κ1) is 20.7. The summed E-state index contributed by atoms with van der Waals surface area (Å²) in [6, 6.07) is 13.3. The zero-order chi connectivity index (χ0) is 19.5. The number of halogens is 1. The molecule has 5 nitrogen and oxygen atoms in total. The van der Waals surface area contributed by atoms with Gasteiger partial charge in [0.2, 0.25) is 5.91 Å². The van der Waals surface area contributed by atoms with Crippen molar-refractivity contribution < 1.29 is 18.7 Å². The molecule has 0 atom stereocenters. The van der Waals surface area contributed by atoms with E-state index >= 15 is 0 Å². The van der Waals surface area contributed by atoms with Crippen LogP contribution in [0, 0.1) is 5.82 Å². The Kier molecular flexibility index (Phi) is 8.58. The molecule has 2 aromatic rings. The highest BCUT2D eigenvalue weighted by Gasteiger charge is 2.04. The number of hydrogen-bond donors (Lipinski definition) is 1. The van der Waals surface area contributed by atoms with Crippen LogP contribution in [0.4, 0.5) is 10.1 Å². The minimum Gasteiger partial charge on any atom is -0.494 e. The molecule has 0 aliphatic rings. The Morgan fingerprint density at radius 3 is 2.41 bits per heavy atom. The highest BCUT2D eigenvalue weighted by atomic mass is 19.1. The van der Waals surface area contributed by atoms with Crippen LogP contribution in [0.5, 0.6) is 11.5 Å². The van der Waals surface area contributed by atoms with E-state index in [9.17, 15) is 9.18 Å². The summed E-state index contributed by atoms with van der Waals surface area (Å²) >= 11 is 0. The third kappa shape index (κ3) is 8.55. The monoisotopic (exact) mass is 374 g/mol. The number of hydrogen-bond acceptors (Lipinski definition) is 4. The molecule has 0 radical (unpaired) electrons. The second-order valence-electron chi connectivity index (χ2n) is 6.49. The van der Waals surface area contributed by atoms with Gasteiger partial charge in [0.1, 0.15) is 17.3 Å². The van der Waals surface area contributed by atoms with Crippen molar-refractivity contribution in [2.45, 2.75) is 19.3 Å². The minimum atomic E-state index is -0.338. The molecule has 0 fully saturated rings. The Bertz CT molecular complexity index is 705. The molecule has 1 N–H and O–H groups in total. The van der Waals surface area contributed by atoms with Gasteiger partial charge in [-0.15, -0.1) is 0 Å². The van der Waals surface area contributed by atoms with E-state index in [1.807, 2.05) is 38.4 Å². The largest absolute Gasteiger partial charge is 0.494 e. The van der Waals surface area contributed by atoms with Gasteiger partial charge < -0.3 is 19.7 Å². The molecule has 0 saturated carbocycles. The van der Waals surface area contributed by atoms with E-state index < -0.39 is 0 Å². The highest BCUT2D eigenvalue weighted by Crippen LogP contribution is 2.16. The topological polar surface area (TPSA) is 50.8 Å². The summed E-state index contributed by atoms with van der Waals surface area (Å²) in [7, 11) is 4.07. The van der Waals surface area contributed by atoms with E-state index in [0.717, 1.165) is 24.4 Å². The highest BCUT2D eigenvalue weighted by molar-refractivity contribution is 5.90. The Hall–Kier alpha value is -2.60. The summed E-state index contributed by atoms with van der Waals surface area (Å²) in [6.45, 7) is 2.00. The Balaban J connectivity index is 1.63. The van der Waals surface area contributed by atoms with Gasteiger partial charge in [-0.2, -0.15) is 0 Å². The number of amides is 1. The third-order valence-electron chi connectivity index (χ3n) is 3.77. The van der Waals surface area contributed by atoms with Gasteiger partial charge in [0, 0.05) is 24.7 Å². The molecule has 6 heteroatoms. The second kappa shape index (κ2) is 11.2. The van der Waals surface area contributed by atoms with Crippen LogP contribution in [0.25, 0.3) is 0 Å². The first-order valence-corrected chi connectivity index (χ1v) is 9.09. The van der Waals surface area contributed by atoms with Crippen LogP contribution in [0.1, 0.15) is 19.3 Å². The molecule has 2 rings (SSSR count). The van der Waals surface area contributed by atoms with E-state index in [0.29, 0.717) is 31.8 Å². The molecule has 0 bridgehead atoms. The van der Waals surface area contributed by atoms with E-state index in [1.165, 1.54) is 12.1 Å². The van der Waals surface area contributed by atoms with Gasteiger partial charge in [-0.3, -0.25) is 4.79 Å². The maximum absolute atomic E-state index is 13.0. The predicted molar refractivity (Wildman–Crippen MR) is 105 cm³/mol. The molecular weight excluding hydrogens is 347 g/mol. The average molecular weight is 374 g/mol. The lowest BCUT2D eigenvalue weighted by Gasteiger charge is -2.11. The smallest absolute Gasteiger partial charge is 0.224 e. The molecule has 0 aliphatic carbocycles. The van der Waals surface area contributed by atoms with Crippen LogP contribution in [0.3, 0.4) is 0 Å². The maximum atomic E-state index is 13.0. The molecule has 0 aromatic heterocycles. The zero-order valence-electron chi connectivity index (χ0n) is 15.9. The van der Waals surface area contributed by atoms with Crippen molar-refractivity contribution in [2.24, 2.45) is 0 Å². The quantitative estimate of drug-likeness (QED) is 0.605. The van der Waals surface area contributed by atoms with Crippen molar-refractivity contribution in [3.8, 4) is 11.5 Å². The Morgan fingerprint density at radius 2 is 1.70 bits per heavy atom. The lowest BCUT2D eigenvalue weighted by molar-refractivity contribution is -0.116. The normalized spacial score (nSPS) is 10.7. The van der Waals surface area contributed by atoms with E-state index in [1.54, 1.807) is 12.1 Å². The first-order chi connectivity index (χ1) is 13.0. The van der Waals surface area contributed by atoms with Crippen LogP contribution < -0.4 is 14.8 Å². The van der Waals surface area contributed by atoms with Gasteiger partial charge >= 0.3 is 0 Å². The van der Waals surface area contributed by atoms with E-state index in [2.05, 4.69) is 10.2 Å². The molecule has 0 unspecified atom stereocenters. The van der Waals surface area contributed by atoms with Crippen molar-refractivity contribution in [1.82, 2.24) is 4.90 Å². The average Bonchev–Trinajstić information content (AvgIpc) is 2.64. The second-order valence-corrected chi connectivity index (χ2v) is 6.49. The Morgan fingerprint density at radius 1 is 1.00 bits per heavy atom. The summed E-state index contributed by atoms with van der Waals surface area (Å²) in [5.74, 6) is 0.833. The summed E-state index contributed by atoms with van der Waals surface area (Å²) < 4.78 is 24.1. The SMILES string of the molecule is CN(C)CCCOc1ccc(NC(=O)CCCOc2cccc(F)c2)cc1. The van der Waals surface area contributed by atoms with Crippen LogP contribution in [-0.2, 0) is 4.79 Å². The number of nitrogens with zero attached hydrogens (tertiary/aromatic N) is 1. The molecule has 2 aromatic carbocycles. The van der Waals surface area contributed by atoms with Gasteiger partial charge in [-0.1, -0.05) is 6.07 Å². The lowest BCUT2D eigenvalue weighted by Crippen LogP contribution is -2.15. The maximum Gasteiger partial charge on any atom is 0.224 e. The van der Waals surface area contributed by atoms with Crippen molar-refractivity contribution in [3.63, 3.8) is 0 Å². The predicted octanol–water partition coefficient (Wildman–Crippen LogP) is 3.95. The summed E-state index contributed by atoms with van der Waals surface area (Å²) in [5.41, 5.74) is 0.728. The van der Waals surface area contributed by atoms with Crippen LogP contribution in [-0.4, -0.2) is 44.7 Å². The van der Waals surface area contributed by atoms with Gasteiger partial charge in [0.05, 0.1) is 13.2 Å². The fourth-order valence-electron chi connectivity index (χ4n) is 2.41. The minimum absolute atomic E-state index is 0.0857. The zero-order valence-corrected chi connectivity index (χ0v) is 15.9. The van der Waals surface area contributed by atoms with Crippen molar-refractivity contribution >= 4 is 11.6 Å². The third-order valence-corrected chi connectivity index (χ3v) is 3.77. The molecule has 0 aliphatic heterocycles. The number of benzene rings is 2. The molecule has 0 spiro atoms. The van der Waals surface area contributed by atoms with Gasteiger partial charge in [0.15, 0.2) is 0 Å². The number of nitrogens with one attached hydrogen (secondary N) is 1. The van der Waals surface area contributed by atoms with Crippen molar-refractivity contribution in [2.75, 3.05) is 39.2 Å². The fraction of sp³-hybridized carbons (Fsp3) is 0.381. The standard InChI is InChI=1S/C21H27FN2O3/c1-24(2)13-5-15-26-19-11-9-18(10-12-19)23-21(25)8-4-14-27-20-7-3-6-17(22)16-20/h3,6-7,9-12,16H,4-5,8,13-15H2,1-2H3,(H,23,25). The summed E-state index contributed by atoms with van der Waals surface area (Å²) in [6.07, 6.45) is 1.84. The molecule has 0 saturated heterocycles. The number of anilines is 1. The van der Waals surface area contributed by atoms with Crippen molar-refractivity contribution in [1.29, 1.82) is 0 Å². The summed E-state index contributed by atoms with van der Waals surface area (Å²) in [4.78, 5) is 14.1. The van der Waals surface area contributed by atoms with Gasteiger partial charge in [0.25, 0.3) is 0 Å². The molecule has 0 heterocycles. The van der Waals surface area contributed by atoms with Crippen LogP contribution >= 0.6 is 0 Å². The van der Waals surface area contributed by atoms with Gasteiger partial charge in [-0.25, -0.2) is 4.39 Å². The van der Waals surface area contributed by atoms with E-state index in [4.69, 9.17) is 9.47 Å². The van der Waals surface area contributed by atoms with Crippen LogP contribution in [0.2, 0.25) is 0 Å². The Labute approximate surface area is 160 Å². The van der Waals surface area contributed by atoms with Crippen LogP contribution in [0.15, 0.2) is 48.5 Å². The number of carbonyl (C=O) groups is 1. The fourth-order valence-corrected chi connectivity index (χ4v) is 2.41. The number of ether oxygens (including phenoxy) is 2. The summed E-state index contributed by atoms with van der Waals surface area (Å²) in [5, 5.41) is 2.84. The number of carbonyl (C=O) groups excluding carboxylic acids is 1. The van der Waals surface area contributed by atoms with Crippen molar-refractivity contribution in [3.05, 3.63) is 54.3 Å². The van der Waals surface area contributed by atoms with Gasteiger partial charge in [-0.05, 0) is 63.3 Å². The molecule has 27 heavy (non-hydrogen) atoms.